The fourth-order valence-electron chi connectivity index (χ4n) is 0.425. The lowest BCUT2D eigenvalue weighted by Crippen LogP contribution is -1.96. The second-order valence-corrected chi connectivity index (χ2v) is 3.16. The van der Waals surface area contributed by atoms with Gasteiger partial charge in [0, 0.05) is 5.75 Å². The summed E-state index contributed by atoms with van der Waals surface area (Å²) in [4.78, 5) is 22.4. The Bertz CT molecular complexity index is 104. The van der Waals surface area contributed by atoms with E-state index >= 15 is 0 Å². The van der Waals surface area contributed by atoms with Crippen molar-refractivity contribution in [1.29, 1.82) is 0 Å². The summed E-state index contributed by atoms with van der Waals surface area (Å²) in [5.74, 6) is 1.35. The van der Waals surface area contributed by atoms with Gasteiger partial charge in [0.15, 0.2) is 9.03 Å². The van der Waals surface area contributed by atoms with Gasteiger partial charge in [0.1, 0.15) is 6.29 Å². The Morgan fingerprint density at radius 3 is 3.08 bits per heavy atom. The summed E-state index contributed by atoms with van der Waals surface area (Å²) in [6.45, 7) is 0.385. The standard InChI is InChI=1S/C5H11O5PS/c6-2-5-12-4-1-3-8-9-10-11-7/h2,7,11H,1,3-5H2. The van der Waals surface area contributed by atoms with E-state index in [2.05, 4.69) is 14.6 Å². The van der Waals surface area contributed by atoms with Crippen LogP contribution in [0.25, 0.3) is 0 Å². The van der Waals surface area contributed by atoms with Crippen molar-refractivity contribution in [2.45, 2.75) is 6.42 Å². The van der Waals surface area contributed by atoms with E-state index in [1.165, 1.54) is 11.8 Å². The molecule has 0 rings (SSSR count). The molecule has 12 heavy (non-hydrogen) atoms. The predicted octanol–water partition coefficient (Wildman–Crippen LogP) is 0.689. The van der Waals surface area contributed by atoms with Crippen LogP contribution in [0.5, 0.6) is 0 Å². The Hall–Kier alpha value is 0.290. The SMILES string of the molecule is O=CCSCCCOOOPO. The zero-order valence-electron chi connectivity index (χ0n) is 6.39. The van der Waals surface area contributed by atoms with Gasteiger partial charge in [-0.25, -0.2) is 4.89 Å². The highest BCUT2D eigenvalue weighted by Crippen LogP contribution is 2.04. The van der Waals surface area contributed by atoms with Crippen LogP contribution in [0.2, 0.25) is 0 Å². The van der Waals surface area contributed by atoms with Gasteiger partial charge in [0.05, 0.1) is 6.61 Å². The number of rotatable bonds is 9. The zero-order chi connectivity index (χ0) is 9.07. The maximum absolute atomic E-state index is 9.86. The van der Waals surface area contributed by atoms with Crippen molar-refractivity contribution in [1.82, 2.24) is 0 Å². The Labute approximate surface area is 76.6 Å². The summed E-state index contributed by atoms with van der Waals surface area (Å²) in [6, 6.07) is 0. The van der Waals surface area contributed by atoms with Crippen LogP contribution in [0.3, 0.4) is 0 Å². The molecule has 0 aromatic heterocycles. The van der Waals surface area contributed by atoms with Crippen LogP contribution in [-0.4, -0.2) is 29.3 Å². The van der Waals surface area contributed by atoms with Crippen LogP contribution in [0.1, 0.15) is 6.42 Å². The molecule has 7 heteroatoms. The Balaban J connectivity index is 2.77. The van der Waals surface area contributed by atoms with Gasteiger partial charge in [0.2, 0.25) is 0 Å². The van der Waals surface area contributed by atoms with E-state index in [0.29, 0.717) is 12.4 Å². The molecule has 0 aliphatic carbocycles. The molecule has 1 N–H and O–H groups in total. The third-order valence-electron chi connectivity index (χ3n) is 0.822. The molecule has 0 aromatic rings. The molecule has 0 aliphatic rings. The van der Waals surface area contributed by atoms with Gasteiger partial charge in [0.25, 0.3) is 0 Å². The highest BCUT2D eigenvalue weighted by Gasteiger charge is 1.90. The molecule has 0 saturated heterocycles. The van der Waals surface area contributed by atoms with Crippen LogP contribution in [0, 0.1) is 0 Å². The first kappa shape index (κ1) is 12.3. The molecular weight excluding hydrogens is 203 g/mol. The van der Waals surface area contributed by atoms with Crippen molar-refractivity contribution in [3.05, 3.63) is 0 Å². The molecule has 0 aliphatic heterocycles. The highest BCUT2D eigenvalue weighted by atomic mass is 32.2. The van der Waals surface area contributed by atoms with E-state index in [4.69, 9.17) is 4.89 Å². The topological polar surface area (TPSA) is 65.0 Å². The largest absolute Gasteiger partial charge is 0.350 e. The lowest BCUT2D eigenvalue weighted by atomic mass is 10.5. The maximum Gasteiger partial charge on any atom is 0.195 e. The number of aldehydes is 1. The first-order valence-corrected chi connectivity index (χ1v) is 5.28. The molecule has 1 atom stereocenters. The third kappa shape index (κ3) is 10.3. The van der Waals surface area contributed by atoms with E-state index in [1.54, 1.807) is 0 Å². The number of hydrogen-bond acceptors (Lipinski definition) is 6. The number of carbonyl (C=O) groups excluding carboxylic acids is 1. The summed E-state index contributed by atoms with van der Waals surface area (Å²) < 4.78 is 4.06. The highest BCUT2D eigenvalue weighted by molar-refractivity contribution is 7.99. The number of carbonyl (C=O) groups is 1. The molecule has 0 aromatic carbocycles. The van der Waals surface area contributed by atoms with E-state index in [0.717, 1.165) is 18.5 Å². The van der Waals surface area contributed by atoms with Gasteiger partial charge in [-0.1, -0.05) is 5.04 Å². The van der Waals surface area contributed by atoms with Crippen LogP contribution < -0.4 is 0 Å². The minimum Gasteiger partial charge on any atom is -0.350 e. The molecule has 0 heterocycles. The molecule has 0 radical (unpaired) electrons. The summed E-state index contributed by atoms with van der Waals surface area (Å²) >= 11 is 1.52. The quantitative estimate of drug-likeness (QED) is 0.200. The second-order valence-electron chi connectivity index (χ2n) is 1.66. The fourth-order valence-corrected chi connectivity index (χ4v) is 1.09. The van der Waals surface area contributed by atoms with Crippen molar-refractivity contribution in [2.75, 3.05) is 18.1 Å². The molecule has 0 bridgehead atoms. The molecular formula is C5H11O5PS. The first-order chi connectivity index (χ1) is 5.91. The lowest BCUT2D eigenvalue weighted by Gasteiger charge is -1.99. The minimum atomic E-state index is -0.729. The molecule has 0 amide bonds. The summed E-state index contributed by atoms with van der Waals surface area (Å²) in [5.41, 5.74) is 0. The summed E-state index contributed by atoms with van der Waals surface area (Å²) in [7, 11) is -0.729. The summed E-state index contributed by atoms with van der Waals surface area (Å²) in [5, 5.41) is 4.07. The second kappa shape index (κ2) is 11.3. The van der Waals surface area contributed by atoms with Gasteiger partial charge in [-0.2, -0.15) is 16.4 Å². The van der Waals surface area contributed by atoms with E-state index < -0.39 is 9.03 Å². The number of hydrogen-bond donors (Lipinski definition) is 1. The normalized spacial score (nSPS) is 11.1. The van der Waals surface area contributed by atoms with Gasteiger partial charge >= 0.3 is 0 Å². The van der Waals surface area contributed by atoms with Gasteiger partial charge in [-0.3, -0.25) is 0 Å². The Morgan fingerprint density at radius 1 is 1.58 bits per heavy atom. The van der Waals surface area contributed by atoms with Crippen LogP contribution in [-0.2, 0) is 19.4 Å². The third-order valence-corrected chi connectivity index (χ3v) is 1.91. The zero-order valence-corrected chi connectivity index (χ0v) is 8.21. The Kier molecular flexibility index (Phi) is 11.6. The average Bonchev–Trinajstić information content (AvgIpc) is 2.10. The van der Waals surface area contributed by atoms with Gasteiger partial charge in [-0.15, -0.1) is 0 Å². The maximum atomic E-state index is 9.86. The lowest BCUT2D eigenvalue weighted by molar-refractivity contribution is -0.464. The van der Waals surface area contributed by atoms with Crippen molar-refractivity contribution < 1.29 is 24.3 Å². The van der Waals surface area contributed by atoms with E-state index in [1.807, 2.05) is 0 Å². The molecule has 0 saturated carbocycles. The van der Waals surface area contributed by atoms with Crippen molar-refractivity contribution in [3.63, 3.8) is 0 Å². The Morgan fingerprint density at radius 2 is 2.42 bits per heavy atom. The molecule has 0 fully saturated rings. The molecule has 72 valence electrons. The van der Waals surface area contributed by atoms with Crippen molar-refractivity contribution in [3.8, 4) is 0 Å². The number of thioether (sulfide) groups is 1. The average molecular weight is 214 g/mol. The van der Waals surface area contributed by atoms with Crippen molar-refractivity contribution >= 4 is 27.1 Å². The smallest absolute Gasteiger partial charge is 0.195 e. The molecule has 0 spiro atoms. The van der Waals surface area contributed by atoms with Crippen LogP contribution >= 0.6 is 20.8 Å². The van der Waals surface area contributed by atoms with Gasteiger partial charge < -0.3 is 9.69 Å². The predicted molar refractivity (Wildman–Crippen MR) is 46.7 cm³/mol. The molecule has 5 nitrogen and oxygen atoms in total. The molecule has 1 unspecified atom stereocenters. The van der Waals surface area contributed by atoms with E-state index in [9.17, 15) is 4.79 Å². The van der Waals surface area contributed by atoms with Crippen LogP contribution in [0.15, 0.2) is 0 Å². The van der Waals surface area contributed by atoms with Crippen molar-refractivity contribution in [2.24, 2.45) is 0 Å². The minimum absolute atomic E-state index is 0.385. The van der Waals surface area contributed by atoms with Crippen LogP contribution in [0.4, 0.5) is 0 Å². The first-order valence-electron chi connectivity index (χ1n) is 3.27. The monoisotopic (exact) mass is 214 g/mol. The van der Waals surface area contributed by atoms with Gasteiger partial charge in [-0.05, 0) is 12.2 Å². The fraction of sp³-hybridized carbons (Fsp3) is 0.800. The summed E-state index contributed by atoms with van der Waals surface area (Å²) in [6.07, 6.45) is 1.63. The van der Waals surface area contributed by atoms with E-state index in [-0.39, 0.29) is 0 Å².